The number of hydrogen-bond donors (Lipinski definition) is 1. The molecular weight excluding hydrogens is 298 g/mol. The Bertz CT molecular complexity index is 589. The van der Waals surface area contributed by atoms with Crippen molar-refractivity contribution in [3.63, 3.8) is 0 Å². The van der Waals surface area contributed by atoms with Crippen LogP contribution < -0.4 is 10.1 Å². The summed E-state index contributed by atoms with van der Waals surface area (Å²) in [5.41, 5.74) is 1.53. The molecule has 0 aliphatic heterocycles. The van der Waals surface area contributed by atoms with Crippen molar-refractivity contribution in [2.24, 2.45) is 23.2 Å². The number of carbonyl (C=O) groups excluding carboxylic acids is 1. The third kappa shape index (κ3) is 3.18. The van der Waals surface area contributed by atoms with Crippen LogP contribution in [0.3, 0.4) is 0 Å². The van der Waals surface area contributed by atoms with E-state index in [0.717, 1.165) is 35.6 Å². The second-order valence-corrected chi connectivity index (χ2v) is 8.71. The highest BCUT2D eigenvalue weighted by molar-refractivity contribution is 5.80. The maximum atomic E-state index is 12.5. The van der Waals surface area contributed by atoms with Gasteiger partial charge in [-0.2, -0.15) is 0 Å². The Morgan fingerprint density at radius 1 is 1.21 bits per heavy atom. The van der Waals surface area contributed by atoms with Crippen LogP contribution in [0.5, 0.6) is 5.75 Å². The highest BCUT2D eigenvalue weighted by Gasteiger charge is 2.50. The lowest BCUT2D eigenvalue weighted by Crippen LogP contribution is -2.52. The molecule has 3 heteroatoms. The number of aryl methyl sites for hydroxylation is 1. The van der Waals surface area contributed by atoms with Gasteiger partial charge in [-0.3, -0.25) is 4.79 Å². The van der Waals surface area contributed by atoms with Gasteiger partial charge in [-0.25, -0.2) is 0 Å². The minimum atomic E-state index is -0.444. The zero-order valence-electron chi connectivity index (χ0n) is 14.9. The number of nitrogens with one attached hydrogen (secondary N) is 1. The van der Waals surface area contributed by atoms with Gasteiger partial charge < -0.3 is 10.1 Å². The first-order chi connectivity index (χ1) is 11.5. The first-order valence-electron chi connectivity index (χ1n) is 9.52. The molecule has 0 aromatic heterocycles. The van der Waals surface area contributed by atoms with Gasteiger partial charge in [-0.15, -0.1) is 0 Å². The van der Waals surface area contributed by atoms with E-state index >= 15 is 0 Å². The second-order valence-electron chi connectivity index (χ2n) is 8.71. The zero-order chi connectivity index (χ0) is 16.7. The van der Waals surface area contributed by atoms with E-state index in [0.29, 0.717) is 5.41 Å². The highest BCUT2D eigenvalue weighted by atomic mass is 16.5. The van der Waals surface area contributed by atoms with Gasteiger partial charge in [-0.1, -0.05) is 12.1 Å². The Kier molecular flexibility index (Phi) is 4.06. The average Bonchev–Trinajstić information content (AvgIpc) is 2.51. The molecule has 4 fully saturated rings. The van der Waals surface area contributed by atoms with Crippen LogP contribution in [-0.2, 0) is 4.79 Å². The molecule has 1 atom stereocenters. The number of hydrogen-bond acceptors (Lipinski definition) is 2. The van der Waals surface area contributed by atoms with Crippen molar-refractivity contribution in [3.8, 4) is 5.75 Å². The van der Waals surface area contributed by atoms with E-state index in [4.69, 9.17) is 4.74 Å². The van der Waals surface area contributed by atoms with Gasteiger partial charge in [-0.05, 0) is 93.2 Å². The summed E-state index contributed by atoms with van der Waals surface area (Å²) in [6.45, 7) is 4.72. The summed E-state index contributed by atoms with van der Waals surface area (Å²) < 4.78 is 5.82. The number of benzene rings is 1. The summed E-state index contributed by atoms with van der Waals surface area (Å²) >= 11 is 0. The van der Waals surface area contributed by atoms with Crippen LogP contribution >= 0.6 is 0 Å². The third-order valence-electron chi connectivity index (χ3n) is 6.47. The fraction of sp³-hybridized carbons (Fsp3) is 0.667. The van der Waals surface area contributed by atoms with E-state index in [9.17, 15) is 4.79 Å². The van der Waals surface area contributed by atoms with Crippen molar-refractivity contribution in [2.45, 2.75) is 58.5 Å². The van der Waals surface area contributed by atoms with E-state index in [1.165, 1.54) is 38.5 Å². The molecule has 1 aromatic carbocycles. The van der Waals surface area contributed by atoms with Crippen molar-refractivity contribution in [1.29, 1.82) is 0 Å². The molecule has 4 aliphatic rings. The molecule has 4 aliphatic carbocycles. The van der Waals surface area contributed by atoms with Crippen LogP contribution in [0.1, 0.15) is 51.0 Å². The SMILES string of the molecule is Cc1cccc(OC(C)C(=O)NCC23CC4CC(CC(C4)C2)C3)c1. The molecule has 1 unspecified atom stereocenters. The van der Waals surface area contributed by atoms with Gasteiger partial charge in [0.2, 0.25) is 0 Å². The number of carbonyl (C=O) groups is 1. The molecule has 130 valence electrons. The van der Waals surface area contributed by atoms with Crippen LogP contribution in [0.15, 0.2) is 24.3 Å². The first-order valence-corrected chi connectivity index (χ1v) is 9.52. The molecule has 1 N–H and O–H groups in total. The Labute approximate surface area is 145 Å². The smallest absolute Gasteiger partial charge is 0.260 e. The monoisotopic (exact) mass is 327 g/mol. The molecule has 0 heterocycles. The predicted octanol–water partition coefficient (Wildman–Crippen LogP) is 4.09. The Hall–Kier alpha value is -1.51. The van der Waals surface area contributed by atoms with E-state index in [1.807, 2.05) is 38.1 Å². The highest BCUT2D eigenvalue weighted by Crippen LogP contribution is 2.59. The number of ether oxygens (including phenoxy) is 1. The summed E-state index contributed by atoms with van der Waals surface area (Å²) in [5.74, 6) is 3.57. The number of rotatable bonds is 5. The molecule has 0 spiro atoms. The largest absolute Gasteiger partial charge is 0.481 e. The third-order valence-corrected chi connectivity index (χ3v) is 6.47. The fourth-order valence-corrected chi connectivity index (χ4v) is 5.87. The number of amides is 1. The van der Waals surface area contributed by atoms with Gasteiger partial charge >= 0.3 is 0 Å². The lowest BCUT2D eigenvalue weighted by Gasteiger charge is -2.56. The van der Waals surface area contributed by atoms with Gasteiger partial charge in [0, 0.05) is 6.54 Å². The zero-order valence-corrected chi connectivity index (χ0v) is 14.9. The summed E-state index contributed by atoms with van der Waals surface area (Å²) in [5, 5.41) is 3.21. The lowest BCUT2D eigenvalue weighted by molar-refractivity contribution is -0.129. The minimum absolute atomic E-state index is 0.0206. The lowest BCUT2D eigenvalue weighted by atomic mass is 9.49. The van der Waals surface area contributed by atoms with E-state index in [2.05, 4.69) is 5.32 Å². The van der Waals surface area contributed by atoms with Crippen LogP contribution in [0.4, 0.5) is 0 Å². The Morgan fingerprint density at radius 2 is 1.83 bits per heavy atom. The molecule has 1 amide bonds. The molecule has 0 saturated heterocycles. The van der Waals surface area contributed by atoms with Crippen LogP contribution in [0.25, 0.3) is 0 Å². The van der Waals surface area contributed by atoms with Gasteiger partial charge in [0.05, 0.1) is 0 Å². The summed E-state index contributed by atoms with van der Waals surface area (Å²) in [6, 6.07) is 7.88. The quantitative estimate of drug-likeness (QED) is 0.884. The molecular formula is C21H29NO2. The molecule has 4 bridgehead atoms. The fourth-order valence-electron chi connectivity index (χ4n) is 5.87. The summed E-state index contributed by atoms with van der Waals surface area (Å²) in [7, 11) is 0. The topological polar surface area (TPSA) is 38.3 Å². The maximum absolute atomic E-state index is 12.5. The Balaban J connectivity index is 1.33. The molecule has 3 nitrogen and oxygen atoms in total. The van der Waals surface area contributed by atoms with Crippen molar-refractivity contribution < 1.29 is 9.53 Å². The normalized spacial score (nSPS) is 34.8. The summed E-state index contributed by atoms with van der Waals surface area (Å²) in [4.78, 5) is 12.5. The molecule has 24 heavy (non-hydrogen) atoms. The van der Waals surface area contributed by atoms with Crippen molar-refractivity contribution >= 4 is 5.91 Å². The first kappa shape index (κ1) is 16.0. The van der Waals surface area contributed by atoms with Gasteiger partial charge in [0.25, 0.3) is 5.91 Å². The molecule has 5 rings (SSSR count). The second kappa shape index (κ2) is 6.09. The van der Waals surface area contributed by atoms with Crippen molar-refractivity contribution in [3.05, 3.63) is 29.8 Å². The van der Waals surface area contributed by atoms with Gasteiger partial charge in [0.1, 0.15) is 5.75 Å². The Morgan fingerprint density at radius 3 is 2.42 bits per heavy atom. The predicted molar refractivity (Wildman–Crippen MR) is 94.9 cm³/mol. The standard InChI is InChI=1S/C21H29NO2/c1-14-4-3-5-19(6-14)24-15(2)20(23)22-13-21-10-16-7-17(11-21)9-18(8-16)12-21/h3-6,15-18H,7-13H2,1-2H3,(H,22,23). The average molecular weight is 327 g/mol. The van der Waals surface area contributed by atoms with Crippen LogP contribution in [0, 0.1) is 30.1 Å². The maximum Gasteiger partial charge on any atom is 0.260 e. The van der Waals surface area contributed by atoms with Crippen molar-refractivity contribution in [1.82, 2.24) is 5.32 Å². The summed E-state index contributed by atoms with van der Waals surface area (Å²) in [6.07, 6.45) is 7.87. The van der Waals surface area contributed by atoms with E-state index in [-0.39, 0.29) is 5.91 Å². The van der Waals surface area contributed by atoms with Crippen LogP contribution in [0.2, 0.25) is 0 Å². The van der Waals surface area contributed by atoms with Crippen LogP contribution in [-0.4, -0.2) is 18.6 Å². The molecule has 4 saturated carbocycles. The molecule has 0 radical (unpaired) electrons. The molecule has 1 aromatic rings. The minimum Gasteiger partial charge on any atom is -0.481 e. The van der Waals surface area contributed by atoms with E-state index < -0.39 is 6.10 Å². The van der Waals surface area contributed by atoms with Gasteiger partial charge in [0.15, 0.2) is 6.10 Å². The van der Waals surface area contributed by atoms with Crippen molar-refractivity contribution in [2.75, 3.05) is 6.54 Å². The van der Waals surface area contributed by atoms with E-state index in [1.54, 1.807) is 0 Å².